The molecule has 2 saturated heterocycles. The minimum absolute atomic E-state index is 0.0182. The molecule has 100 valence electrons. The molecule has 5 nitrogen and oxygen atoms in total. The van der Waals surface area contributed by atoms with Crippen molar-refractivity contribution in [3.05, 3.63) is 35.9 Å². The van der Waals surface area contributed by atoms with Gasteiger partial charge in [-0.1, -0.05) is 30.3 Å². The van der Waals surface area contributed by atoms with Gasteiger partial charge >= 0.3 is 6.03 Å². The third-order valence-electron chi connectivity index (χ3n) is 3.72. The number of nitrogens with one attached hydrogen (secondary N) is 2. The van der Waals surface area contributed by atoms with Crippen LogP contribution in [-0.2, 0) is 11.2 Å². The molecule has 0 bridgehead atoms. The van der Waals surface area contributed by atoms with Gasteiger partial charge in [0.25, 0.3) is 0 Å². The Hall–Kier alpha value is -2.04. The Morgan fingerprint density at radius 1 is 1.16 bits per heavy atom. The van der Waals surface area contributed by atoms with E-state index in [4.69, 9.17) is 0 Å². The maximum Gasteiger partial charge on any atom is 0.317 e. The molecule has 0 aromatic heterocycles. The molecule has 19 heavy (non-hydrogen) atoms. The Labute approximate surface area is 112 Å². The van der Waals surface area contributed by atoms with E-state index in [0.29, 0.717) is 6.42 Å². The number of carbonyl (C=O) groups excluding carboxylic acids is 2. The second-order valence-electron chi connectivity index (χ2n) is 5.05. The highest BCUT2D eigenvalue weighted by atomic mass is 16.2. The van der Waals surface area contributed by atoms with Crippen LogP contribution in [0.1, 0.15) is 18.4 Å². The van der Waals surface area contributed by atoms with E-state index in [2.05, 4.69) is 10.6 Å². The fourth-order valence-electron chi connectivity index (χ4n) is 2.78. The van der Waals surface area contributed by atoms with Gasteiger partial charge in [0, 0.05) is 13.0 Å². The van der Waals surface area contributed by atoms with Crippen LogP contribution in [0.2, 0.25) is 0 Å². The van der Waals surface area contributed by atoms with Crippen LogP contribution in [0, 0.1) is 0 Å². The molecule has 1 aromatic rings. The van der Waals surface area contributed by atoms with Crippen molar-refractivity contribution < 1.29 is 9.59 Å². The molecule has 0 radical (unpaired) electrons. The van der Waals surface area contributed by atoms with Gasteiger partial charge in [-0.25, -0.2) is 4.79 Å². The number of benzene rings is 1. The largest absolute Gasteiger partial charge is 0.326 e. The van der Waals surface area contributed by atoms with Crippen molar-refractivity contribution in [1.82, 2.24) is 15.5 Å². The average Bonchev–Trinajstić information content (AvgIpc) is 2.82. The van der Waals surface area contributed by atoms with Gasteiger partial charge in [-0.15, -0.1) is 0 Å². The minimum Gasteiger partial charge on any atom is -0.326 e. The molecule has 1 aromatic carbocycles. The van der Waals surface area contributed by atoms with Crippen molar-refractivity contribution in [2.75, 3.05) is 6.54 Å². The van der Waals surface area contributed by atoms with Crippen molar-refractivity contribution in [2.45, 2.75) is 31.5 Å². The van der Waals surface area contributed by atoms with Crippen LogP contribution in [0.3, 0.4) is 0 Å². The number of nitrogens with zero attached hydrogens (tertiary/aromatic N) is 1. The van der Waals surface area contributed by atoms with Crippen LogP contribution in [-0.4, -0.2) is 35.6 Å². The molecule has 2 heterocycles. The monoisotopic (exact) mass is 259 g/mol. The smallest absolute Gasteiger partial charge is 0.317 e. The summed E-state index contributed by atoms with van der Waals surface area (Å²) in [5.41, 5.74) is 1.05. The molecule has 2 aliphatic heterocycles. The van der Waals surface area contributed by atoms with E-state index >= 15 is 0 Å². The summed E-state index contributed by atoms with van der Waals surface area (Å²) < 4.78 is 0. The van der Waals surface area contributed by atoms with E-state index in [1.165, 1.54) is 0 Å². The molecule has 0 aliphatic carbocycles. The molecule has 0 spiro atoms. The van der Waals surface area contributed by atoms with Gasteiger partial charge in [0.2, 0.25) is 5.91 Å². The lowest BCUT2D eigenvalue weighted by Gasteiger charge is -2.23. The standard InChI is InChI=1S/C14H17N3O2/c18-13-11(9-10-5-2-1-3-6-10)15-14(19)16-12-7-4-8-17(12)13/h1-3,5-6,11-12H,4,7-9H2,(H2,15,16,19)/t11-,12-/m0/s1. The number of rotatable bonds is 2. The molecule has 2 N–H and O–H groups in total. The summed E-state index contributed by atoms with van der Waals surface area (Å²) in [4.78, 5) is 26.0. The summed E-state index contributed by atoms with van der Waals surface area (Å²) in [5, 5.41) is 5.61. The highest BCUT2D eigenvalue weighted by Gasteiger charge is 2.37. The van der Waals surface area contributed by atoms with Gasteiger partial charge in [-0.2, -0.15) is 0 Å². The molecular formula is C14H17N3O2. The van der Waals surface area contributed by atoms with E-state index in [-0.39, 0.29) is 18.1 Å². The van der Waals surface area contributed by atoms with Gasteiger partial charge in [-0.05, 0) is 18.4 Å². The van der Waals surface area contributed by atoms with E-state index < -0.39 is 6.04 Å². The molecule has 0 saturated carbocycles. The van der Waals surface area contributed by atoms with Crippen LogP contribution in [0.25, 0.3) is 0 Å². The first-order valence-electron chi connectivity index (χ1n) is 6.65. The number of amides is 3. The normalized spacial score (nSPS) is 26.4. The van der Waals surface area contributed by atoms with Gasteiger partial charge < -0.3 is 15.5 Å². The maximum atomic E-state index is 12.4. The molecule has 3 rings (SSSR count). The third kappa shape index (κ3) is 2.41. The molecule has 3 amide bonds. The second-order valence-corrected chi connectivity index (χ2v) is 5.05. The topological polar surface area (TPSA) is 61.4 Å². The van der Waals surface area contributed by atoms with E-state index in [1.807, 2.05) is 30.3 Å². The Morgan fingerprint density at radius 3 is 2.74 bits per heavy atom. The van der Waals surface area contributed by atoms with Gasteiger partial charge in [0.05, 0.1) is 0 Å². The maximum absolute atomic E-state index is 12.4. The lowest BCUT2D eigenvalue weighted by atomic mass is 10.1. The SMILES string of the molecule is O=C1N[C@@H](Cc2ccccc2)C(=O)N2CCC[C@H]2N1. The Bertz CT molecular complexity index is 489. The first-order chi connectivity index (χ1) is 9.24. The molecule has 2 aliphatic rings. The number of carbonyl (C=O) groups is 2. The lowest BCUT2D eigenvalue weighted by Crippen LogP contribution is -2.46. The highest BCUT2D eigenvalue weighted by Crippen LogP contribution is 2.19. The Balaban J connectivity index is 1.79. The van der Waals surface area contributed by atoms with Crippen LogP contribution in [0.15, 0.2) is 30.3 Å². The van der Waals surface area contributed by atoms with E-state index in [1.54, 1.807) is 4.90 Å². The predicted molar refractivity (Wildman–Crippen MR) is 70.3 cm³/mol. The van der Waals surface area contributed by atoms with Gasteiger partial charge in [0.1, 0.15) is 12.2 Å². The average molecular weight is 259 g/mol. The predicted octanol–water partition coefficient (Wildman–Crippen LogP) is 0.859. The number of hydrogen-bond donors (Lipinski definition) is 2. The zero-order valence-electron chi connectivity index (χ0n) is 10.6. The summed E-state index contributed by atoms with van der Waals surface area (Å²) >= 11 is 0. The number of urea groups is 1. The number of fused-ring (bicyclic) bond motifs is 1. The first kappa shape index (κ1) is 12.0. The minimum atomic E-state index is -0.467. The van der Waals surface area contributed by atoms with Crippen molar-refractivity contribution in [2.24, 2.45) is 0 Å². The zero-order valence-corrected chi connectivity index (χ0v) is 10.6. The van der Waals surface area contributed by atoms with Crippen LogP contribution < -0.4 is 10.6 Å². The summed E-state index contributed by atoms with van der Waals surface area (Å²) in [6.07, 6.45) is 2.20. The van der Waals surface area contributed by atoms with Crippen LogP contribution in [0.4, 0.5) is 4.79 Å². The molecular weight excluding hydrogens is 242 g/mol. The molecule has 0 unspecified atom stereocenters. The quantitative estimate of drug-likeness (QED) is 0.827. The van der Waals surface area contributed by atoms with Crippen molar-refractivity contribution in [3.8, 4) is 0 Å². The van der Waals surface area contributed by atoms with E-state index in [0.717, 1.165) is 24.9 Å². The van der Waals surface area contributed by atoms with Crippen molar-refractivity contribution in [3.63, 3.8) is 0 Å². The summed E-state index contributed by atoms with van der Waals surface area (Å²) in [7, 11) is 0. The number of hydrogen-bond acceptors (Lipinski definition) is 2. The Kier molecular flexibility index (Phi) is 3.11. The molecule has 2 atom stereocenters. The highest BCUT2D eigenvalue weighted by molar-refractivity contribution is 5.90. The van der Waals surface area contributed by atoms with Crippen molar-refractivity contribution >= 4 is 11.9 Å². The summed E-state index contributed by atoms with van der Waals surface area (Å²) in [6, 6.07) is 9.05. The second kappa shape index (κ2) is 4.91. The van der Waals surface area contributed by atoms with E-state index in [9.17, 15) is 9.59 Å². The zero-order chi connectivity index (χ0) is 13.2. The summed E-state index contributed by atoms with van der Waals surface area (Å²) in [6.45, 7) is 0.733. The van der Waals surface area contributed by atoms with Gasteiger partial charge in [0.15, 0.2) is 0 Å². The van der Waals surface area contributed by atoms with Gasteiger partial charge in [-0.3, -0.25) is 4.79 Å². The van der Waals surface area contributed by atoms with Crippen LogP contribution >= 0.6 is 0 Å². The summed E-state index contributed by atoms with van der Waals surface area (Å²) in [5.74, 6) is 0.0182. The molecule has 2 fully saturated rings. The van der Waals surface area contributed by atoms with Crippen LogP contribution in [0.5, 0.6) is 0 Å². The fourth-order valence-corrected chi connectivity index (χ4v) is 2.78. The molecule has 5 heteroatoms. The third-order valence-corrected chi connectivity index (χ3v) is 3.72. The fraction of sp³-hybridized carbons (Fsp3) is 0.429. The lowest BCUT2D eigenvalue weighted by molar-refractivity contribution is -0.133. The van der Waals surface area contributed by atoms with Crippen molar-refractivity contribution in [1.29, 1.82) is 0 Å². The Morgan fingerprint density at radius 2 is 1.95 bits per heavy atom. The first-order valence-corrected chi connectivity index (χ1v) is 6.65.